The van der Waals surface area contributed by atoms with Gasteiger partial charge in [-0.2, -0.15) is 0 Å². The van der Waals surface area contributed by atoms with Crippen LogP contribution in [-0.2, 0) is 0 Å². The van der Waals surface area contributed by atoms with Crippen molar-refractivity contribution in [2.75, 3.05) is 17.7 Å². The molecule has 3 rings (SSSR count). The number of nitrogens with one attached hydrogen (secondary N) is 2. The van der Waals surface area contributed by atoms with Crippen LogP contribution in [0.25, 0.3) is 10.2 Å². The third kappa shape index (κ3) is 3.37. The van der Waals surface area contributed by atoms with Gasteiger partial charge < -0.3 is 10.1 Å². The van der Waals surface area contributed by atoms with Crippen LogP contribution in [0.15, 0.2) is 46.9 Å². The maximum atomic E-state index is 12.0. The molecule has 1 aromatic heterocycles. The van der Waals surface area contributed by atoms with Crippen LogP contribution in [0.3, 0.4) is 0 Å². The summed E-state index contributed by atoms with van der Waals surface area (Å²) in [5.74, 6) is 0.765. The molecule has 0 fully saturated rings. The van der Waals surface area contributed by atoms with Crippen molar-refractivity contribution in [3.63, 3.8) is 0 Å². The normalized spacial score (nSPS) is 10.5. The molecule has 7 heteroatoms. The van der Waals surface area contributed by atoms with Crippen molar-refractivity contribution < 1.29 is 9.53 Å². The van der Waals surface area contributed by atoms with E-state index in [1.54, 1.807) is 7.11 Å². The number of anilines is 2. The molecule has 0 aliphatic rings. The van der Waals surface area contributed by atoms with Gasteiger partial charge in [-0.15, -0.1) is 0 Å². The molecule has 3 aromatic rings. The zero-order valence-electron chi connectivity index (χ0n) is 11.6. The predicted octanol–water partition coefficient (Wildman–Crippen LogP) is 4.71. The average molecular weight is 378 g/mol. The number of carbonyl (C=O) groups excluding carboxylic acids is 1. The van der Waals surface area contributed by atoms with E-state index in [9.17, 15) is 4.79 Å². The van der Waals surface area contributed by atoms with Gasteiger partial charge in [0, 0.05) is 10.2 Å². The summed E-state index contributed by atoms with van der Waals surface area (Å²) in [5.41, 5.74) is 1.53. The second-order valence-corrected chi connectivity index (χ2v) is 6.39. The Balaban J connectivity index is 1.73. The summed E-state index contributed by atoms with van der Waals surface area (Å²) in [5, 5.41) is 6.04. The molecule has 2 amide bonds. The zero-order chi connectivity index (χ0) is 15.5. The minimum absolute atomic E-state index is 0.330. The Morgan fingerprint density at radius 3 is 2.86 bits per heavy atom. The van der Waals surface area contributed by atoms with E-state index in [2.05, 4.69) is 31.5 Å². The summed E-state index contributed by atoms with van der Waals surface area (Å²) < 4.78 is 7.03. The maximum Gasteiger partial charge on any atom is 0.325 e. The van der Waals surface area contributed by atoms with Gasteiger partial charge in [0.25, 0.3) is 0 Å². The minimum atomic E-state index is -0.330. The first-order valence-electron chi connectivity index (χ1n) is 6.42. The number of carbonyl (C=O) groups is 1. The molecule has 0 spiro atoms. The van der Waals surface area contributed by atoms with Crippen LogP contribution in [0.5, 0.6) is 5.75 Å². The van der Waals surface area contributed by atoms with Crippen LogP contribution in [0.4, 0.5) is 15.6 Å². The van der Waals surface area contributed by atoms with Crippen molar-refractivity contribution in [3.8, 4) is 5.75 Å². The minimum Gasteiger partial charge on any atom is -0.497 e. The number of thiazole rings is 1. The molecule has 0 bridgehead atoms. The highest BCUT2D eigenvalue weighted by Gasteiger charge is 2.09. The molecule has 5 nitrogen and oxygen atoms in total. The highest BCUT2D eigenvalue weighted by molar-refractivity contribution is 9.10. The molecule has 0 aliphatic heterocycles. The summed E-state index contributed by atoms with van der Waals surface area (Å²) in [7, 11) is 1.62. The Kier molecular flexibility index (Phi) is 4.26. The van der Waals surface area contributed by atoms with Crippen molar-refractivity contribution in [1.29, 1.82) is 0 Å². The van der Waals surface area contributed by atoms with Crippen LogP contribution in [0.2, 0.25) is 0 Å². The molecule has 22 heavy (non-hydrogen) atoms. The number of ether oxygens (including phenoxy) is 1. The quantitative estimate of drug-likeness (QED) is 0.694. The third-order valence-corrected chi connectivity index (χ3v) is 4.33. The number of halogens is 1. The Morgan fingerprint density at radius 1 is 1.23 bits per heavy atom. The van der Waals surface area contributed by atoms with E-state index in [0.717, 1.165) is 20.4 Å². The molecule has 112 valence electrons. The number of nitrogens with zero attached hydrogens (tertiary/aromatic N) is 1. The number of urea groups is 1. The molecule has 0 atom stereocenters. The number of fused-ring (bicyclic) bond motifs is 1. The lowest BCUT2D eigenvalue weighted by Gasteiger charge is -2.05. The van der Waals surface area contributed by atoms with Crippen LogP contribution < -0.4 is 15.4 Å². The van der Waals surface area contributed by atoms with E-state index in [1.165, 1.54) is 11.3 Å². The zero-order valence-corrected chi connectivity index (χ0v) is 14.0. The second-order valence-electron chi connectivity index (χ2n) is 4.44. The highest BCUT2D eigenvalue weighted by atomic mass is 79.9. The number of rotatable bonds is 3. The van der Waals surface area contributed by atoms with Gasteiger partial charge >= 0.3 is 6.03 Å². The Morgan fingerprint density at radius 2 is 2.09 bits per heavy atom. The van der Waals surface area contributed by atoms with E-state index in [-0.39, 0.29) is 6.03 Å². The lowest BCUT2D eigenvalue weighted by molar-refractivity contribution is 0.262. The molecular weight excluding hydrogens is 366 g/mol. The molecule has 0 aliphatic carbocycles. The van der Waals surface area contributed by atoms with E-state index >= 15 is 0 Å². The molecule has 2 aromatic carbocycles. The van der Waals surface area contributed by atoms with E-state index in [1.807, 2.05) is 42.5 Å². The van der Waals surface area contributed by atoms with Gasteiger partial charge in [0.1, 0.15) is 5.75 Å². The standard InChI is InChI=1S/C15H12BrN3O2S/c1-21-11-5-6-12-13(8-11)22-15(18-12)19-14(20)17-10-4-2-3-9(16)7-10/h2-8H,1H3,(H2,17,18,19,20). The van der Waals surface area contributed by atoms with Crippen molar-refractivity contribution in [1.82, 2.24) is 4.98 Å². The number of benzene rings is 2. The van der Waals surface area contributed by atoms with Crippen molar-refractivity contribution >= 4 is 54.3 Å². The van der Waals surface area contributed by atoms with Gasteiger partial charge in [-0.05, 0) is 36.4 Å². The summed E-state index contributed by atoms with van der Waals surface area (Å²) in [6.45, 7) is 0. The Labute approximate surface area is 139 Å². The van der Waals surface area contributed by atoms with Gasteiger partial charge in [-0.3, -0.25) is 5.32 Å². The van der Waals surface area contributed by atoms with Crippen molar-refractivity contribution in [2.45, 2.75) is 0 Å². The van der Waals surface area contributed by atoms with Crippen molar-refractivity contribution in [3.05, 3.63) is 46.9 Å². The largest absolute Gasteiger partial charge is 0.497 e. The van der Waals surface area contributed by atoms with Gasteiger partial charge in [0.05, 0.1) is 17.3 Å². The smallest absolute Gasteiger partial charge is 0.325 e. The third-order valence-electron chi connectivity index (χ3n) is 2.90. The number of amides is 2. The molecule has 0 saturated carbocycles. The second kappa shape index (κ2) is 6.33. The lowest BCUT2D eigenvalue weighted by atomic mass is 10.3. The fraction of sp³-hybridized carbons (Fsp3) is 0.0667. The first kappa shape index (κ1) is 14.8. The number of hydrogen-bond donors (Lipinski definition) is 2. The van der Waals surface area contributed by atoms with Crippen LogP contribution >= 0.6 is 27.3 Å². The van der Waals surface area contributed by atoms with Crippen LogP contribution in [0, 0.1) is 0 Å². The molecule has 0 radical (unpaired) electrons. The molecule has 0 saturated heterocycles. The maximum absolute atomic E-state index is 12.0. The van der Waals surface area contributed by atoms with Crippen LogP contribution in [-0.4, -0.2) is 18.1 Å². The lowest BCUT2D eigenvalue weighted by Crippen LogP contribution is -2.19. The summed E-state index contributed by atoms with van der Waals surface area (Å²) >= 11 is 4.76. The van der Waals surface area contributed by atoms with E-state index in [0.29, 0.717) is 10.8 Å². The monoisotopic (exact) mass is 377 g/mol. The summed E-state index contributed by atoms with van der Waals surface area (Å²) in [6.07, 6.45) is 0. The molecule has 2 N–H and O–H groups in total. The van der Waals surface area contributed by atoms with E-state index < -0.39 is 0 Å². The fourth-order valence-corrected chi connectivity index (χ4v) is 3.20. The van der Waals surface area contributed by atoms with Crippen LogP contribution in [0.1, 0.15) is 0 Å². The number of hydrogen-bond acceptors (Lipinski definition) is 4. The van der Waals surface area contributed by atoms with Gasteiger partial charge in [0.2, 0.25) is 0 Å². The number of aromatic nitrogens is 1. The topological polar surface area (TPSA) is 63.2 Å². The van der Waals surface area contributed by atoms with Gasteiger partial charge in [-0.25, -0.2) is 9.78 Å². The first-order valence-corrected chi connectivity index (χ1v) is 8.03. The Hall–Kier alpha value is -2.12. The number of methoxy groups -OCH3 is 1. The molecule has 0 unspecified atom stereocenters. The predicted molar refractivity (Wildman–Crippen MR) is 93.0 cm³/mol. The summed E-state index contributed by atoms with van der Waals surface area (Å²) in [4.78, 5) is 16.4. The average Bonchev–Trinajstić information content (AvgIpc) is 2.87. The first-order chi connectivity index (χ1) is 10.6. The Bertz CT molecular complexity index is 835. The molecular formula is C15H12BrN3O2S. The van der Waals surface area contributed by atoms with Gasteiger partial charge in [-0.1, -0.05) is 33.3 Å². The van der Waals surface area contributed by atoms with Gasteiger partial charge in [0.15, 0.2) is 5.13 Å². The SMILES string of the molecule is COc1ccc2nc(NC(=O)Nc3cccc(Br)c3)sc2c1. The summed E-state index contributed by atoms with van der Waals surface area (Å²) in [6, 6.07) is 12.6. The highest BCUT2D eigenvalue weighted by Crippen LogP contribution is 2.29. The van der Waals surface area contributed by atoms with E-state index in [4.69, 9.17) is 4.74 Å². The van der Waals surface area contributed by atoms with Crippen molar-refractivity contribution in [2.24, 2.45) is 0 Å². The fourth-order valence-electron chi connectivity index (χ4n) is 1.91. The molecule has 1 heterocycles.